The maximum Gasteiger partial charge on any atom is 0.183 e. The van der Waals surface area contributed by atoms with E-state index in [9.17, 15) is 0 Å². The molecule has 0 atom stereocenters. The van der Waals surface area contributed by atoms with Gasteiger partial charge in [-0.05, 0) is 24.3 Å². The largest absolute Gasteiger partial charge is 0.497 e. The number of ether oxygens (including phenoxy) is 2. The molecule has 0 aliphatic carbocycles. The lowest BCUT2D eigenvalue weighted by Gasteiger charge is -2.15. The number of imidazole rings is 1. The zero-order valence-electron chi connectivity index (χ0n) is 15.1. The van der Waals surface area contributed by atoms with Crippen molar-refractivity contribution in [3.05, 3.63) is 48.3 Å². The zero-order valence-corrected chi connectivity index (χ0v) is 15.1. The highest BCUT2D eigenvalue weighted by molar-refractivity contribution is 5.57. The monoisotopic (exact) mass is 338 g/mol. The number of hydrogen-bond acceptors (Lipinski definition) is 5. The molecule has 6 nitrogen and oxygen atoms in total. The molecule has 0 bridgehead atoms. The highest BCUT2D eigenvalue weighted by atomic mass is 16.5. The van der Waals surface area contributed by atoms with Crippen molar-refractivity contribution in [2.45, 2.75) is 26.2 Å². The molecule has 25 heavy (non-hydrogen) atoms. The van der Waals surface area contributed by atoms with Gasteiger partial charge in [0.1, 0.15) is 22.8 Å². The van der Waals surface area contributed by atoms with E-state index in [0.29, 0.717) is 17.2 Å². The number of fused-ring (bicyclic) bond motifs is 1. The van der Waals surface area contributed by atoms with Gasteiger partial charge in [0.25, 0.3) is 0 Å². The van der Waals surface area contributed by atoms with Crippen LogP contribution >= 0.6 is 0 Å². The number of benzene rings is 1. The standard InChI is InChI=1S/C19H22N4O2/c1-19(2,3)17-18(23-11-7-6-8-16(23)20-17)22-21-14-10-9-13(24-4)12-15(14)25-5/h6-12H,1-5H3. The molecular weight excluding hydrogens is 316 g/mol. The first-order valence-electron chi connectivity index (χ1n) is 8.05. The van der Waals surface area contributed by atoms with Crippen LogP contribution in [0.5, 0.6) is 11.5 Å². The van der Waals surface area contributed by atoms with E-state index in [4.69, 9.17) is 14.5 Å². The minimum absolute atomic E-state index is 0.148. The summed E-state index contributed by atoms with van der Waals surface area (Å²) < 4.78 is 12.5. The van der Waals surface area contributed by atoms with Crippen molar-refractivity contribution in [2.75, 3.05) is 14.2 Å². The fourth-order valence-electron chi connectivity index (χ4n) is 2.55. The van der Waals surface area contributed by atoms with E-state index >= 15 is 0 Å². The van der Waals surface area contributed by atoms with Gasteiger partial charge in [-0.25, -0.2) is 4.98 Å². The Hall–Kier alpha value is -2.89. The summed E-state index contributed by atoms with van der Waals surface area (Å²) in [5.74, 6) is 2.04. The second-order valence-corrected chi connectivity index (χ2v) is 6.70. The first kappa shape index (κ1) is 17.0. The number of methoxy groups -OCH3 is 2. The Labute approximate surface area is 147 Å². The van der Waals surface area contributed by atoms with Crippen molar-refractivity contribution < 1.29 is 9.47 Å². The van der Waals surface area contributed by atoms with Crippen LogP contribution in [0.4, 0.5) is 11.5 Å². The summed E-state index contributed by atoms with van der Waals surface area (Å²) in [6.07, 6.45) is 1.94. The van der Waals surface area contributed by atoms with Crippen LogP contribution in [-0.2, 0) is 5.41 Å². The van der Waals surface area contributed by atoms with Gasteiger partial charge < -0.3 is 9.47 Å². The van der Waals surface area contributed by atoms with E-state index in [1.807, 2.05) is 40.9 Å². The lowest BCUT2D eigenvalue weighted by atomic mass is 9.92. The van der Waals surface area contributed by atoms with Gasteiger partial charge in [-0.15, -0.1) is 10.2 Å². The molecule has 0 spiro atoms. The van der Waals surface area contributed by atoms with Crippen molar-refractivity contribution in [1.82, 2.24) is 9.38 Å². The summed E-state index contributed by atoms with van der Waals surface area (Å²) in [7, 11) is 3.21. The fraction of sp³-hybridized carbons (Fsp3) is 0.316. The summed E-state index contributed by atoms with van der Waals surface area (Å²) in [6.45, 7) is 6.34. The minimum atomic E-state index is -0.148. The Morgan fingerprint density at radius 3 is 2.48 bits per heavy atom. The first-order valence-corrected chi connectivity index (χ1v) is 8.05. The Bertz CT molecular complexity index is 923. The van der Waals surface area contributed by atoms with Crippen molar-refractivity contribution in [2.24, 2.45) is 10.2 Å². The third-order valence-corrected chi connectivity index (χ3v) is 3.85. The number of rotatable bonds is 4. The maximum atomic E-state index is 5.39. The summed E-state index contributed by atoms with van der Waals surface area (Å²) in [5, 5.41) is 8.90. The van der Waals surface area contributed by atoms with Crippen LogP contribution in [0.1, 0.15) is 26.5 Å². The van der Waals surface area contributed by atoms with Crippen LogP contribution in [0.2, 0.25) is 0 Å². The molecule has 3 aromatic rings. The Morgan fingerprint density at radius 1 is 1.00 bits per heavy atom. The van der Waals surface area contributed by atoms with E-state index in [0.717, 1.165) is 17.2 Å². The molecule has 3 rings (SSSR count). The minimum Gasteiger partial charge on any atom is -0.497 e. The van der Waals surface area contributed by atoms with E-state index < -0.39 is 0 Å². The molecule has 130 valence electrons. The van der Waals surface area contributed by atoms with Crippen molar-refractivity contribution in [3.63, 3.8) is 0 Å². The van der Waals surface area contributed by atoms with Crippen LogP contribution < -0.4 is 9.47 Å². The summed E-state index contributed by atoms with van der Waals surface area (Å²) in [5.41, 5.74) is 2.23. The Morgan fingerprint density at radius 2 is 1.80 bits per heavy atom. The van der Waals surface area contributed by atoms with Gasteiger partial charge in [-0.2, -0.15) is 0 Å². The first-order chi connectivity index (χ1) is 11.9. The van der Waals surface area contributed by atoms with Crippen LogP contribution in [-0.4, -0.2) is 23.6 Å². The molecule has 0 aliphatic heterocycles. The highest BCUT2D eigenvalue weighted by Crippen LogP contribution is 2.36. The molecule has 0 unspecified atom stereocenters. The molecule has 0 N–H and O–H groups in total. The number of pyridine rings is 1. The van der Waals surface area contributed by atoms with Gasteiger partial charge in [0, 0.05) is 17.7 Å². The quantitative estimate of drug-likeness (QED) is 0.624. The SMILES string of the molecule is COc1ccc(N=Nc2c(C(C)(C)C)nc3ccccn23)c(OC)c1. The molecular formula is C19H22N4O2. The van der Waals surface area contributed by atoms with Crippen molar-refractivity contribution >= 4 is 17.2 Å². The van der Waals surface area contributed by atoms with Crippen LogP contribution in [0.15, 0.2) is 52.8 Å². The summed E-state index contributed by atoms with van der Waals surface area (Å²) in [6, 6.07) is 11.3. The van der Waals surface area contributed by atoms with E-state index in [-0.39, 0.29) is 5.41 Å². The third kappa shape index (κ3) is 3.33. The van der Waals surface area contributed by atoms with E-state index in [1.165, 1.54) is 0 Å². The lowest BCUT2D eigenvalue weighted by Crippen LogP contribution is -2.11. The number of hydrogen-bond donors (Lipinski definition) is 0. The molecule has 0 aliphatic rings. The number of nitrogens with zero attached hydrogens (tertiary/aromatic N) is 4. The smallest absolute Gasteiger partial charge is 0.183 e. The molecule has 2 aromatic heterocycles. The second-order valence-electron chi connectivity index (χ2n) is 6.70. The van der Waals surface area contributed by atoms with Gasteiger partial charge >= 0.3 is 0 Å². The van der Waals surface area contributed by atoms with Gasteiger partial charge in [0.05, 0.1) is 19.9 Å². The Balaban J connectivity index is 2.10. The third-order valence-electron chi connectivity index (χ3n) is 3.85. The molecule has 2 heterocycles. The van der Waals surface area contributed by atoms with Gasteiger partial charge in [-0.1, -0.05) is 26.8 Å². The van der Waals surface area contributed by atoms with Crippen molar-refractivity contribution in [1.29, 1.82) is 0 Å². The van der Waals surface area contributed by atoms with E-state index in [2.05, 4.69) is 31.0 Å². The molecule has 0 amide bonds. The zero-order chi connectivity index (χ0) is 18.0. The second kappa shape index (κ2) is 6.55. The lowest BCUT2D eigenvalue weighted by molar-refractivity contribution is 0.395. The molecule has 6 heteroatoms. The molecule has 0 saturated carbocycles. The topological polar surface area (TPSA) is 60.5 Å². The highest BCUT2D eigenvalue weighted by Gasteiger charge is 2.24. The average molecular weight is 338 g/mol. The van der Waals surface area contributed by atoms with Crippen LogP contribution in [0.3, 0.4) is 0 Å². The molecule has 0 radical (unpaired) electrons. The number of aromatic nitrogens is 2. The average Bonchev–Trinajstić information content (AvgIpc) is 2.99. The summed E-state index contributed by atoms with van der Waals surface area (Å²) in [4.78, 5) is 4.72. The van der Waals surface area contributed by atoms with Crippen molar-refractivity contribution in [3.8, 4) is 11.5 Å². The fourth-order valence-corrected chi connectivity index (χ4v) is 2.55. The normalized spacial score (nSPS) is 12.0. The summed E-state index contributed by atoms with van der Waals surface area (Å²) >= 11 is 0. The van der Waals surface area contributed by atoms with Gasteiger partial charge in [-0.3, -0.25) is 4.40 Å². The Kier molecular flexibility index (Phi) is 4.44. The van der Waals surface area contributed by atoms with Crippen LogP contribution in [0.25, 0.3) is 5.65 Å². The number of azo groups is 1. The molecule has 0 fully saturated rings. The molecule has 1 aromatic carbocycles. The maximum absolute atomic E-state index is 5.39. The molecule has 0 saturated heterocycles. The van der Waals surface area contributed by atoms with E-state index in [1.54, 1.807) is 20.3 Å². The predicted molar refractivity (Wildman–Crippen MR) is 97.6 cm³/mol. The predicted octanol–water partition coefficient (Wildman–Crippen LogP) is 5.06. The van der Waals surface area contributed by atoms with Gasteiger partial charge in [0.15, 0.2) is 5.82 Å². The van der Waals surface area contributed by atoms with Crippen LogP contribution in [0, 0.1) is 0 Å². The van der Waals surface area contributed by atoms with Gasteiger partial charge in [0.2, 0.25) is 0 Å².